The molecule has 0 aliphatic heterocycles. The van der Waals surface area contributed by atoms with Crippen LogP contribution in [0.5, 0.6) is 5.75 Å². The van der Waals surface area contributed by atoms with E-state index in [1.165, 1.54) is 0 Å². The Balaban J connectivity index is 2.87. The number of benzene rings is 1. The Kier molecular flexibility index (Phi) is 4.95. The molecule has 4 nitrogen and oxygen atoms in total. The molecule has 0 aromatic heterocycles. The third-order valence-corrected chi connectivity index (χ3v) is 3.68. The molecule has 4 heteroatoms. The van der Waals surface area contributed by atoms with Crippen LogP contribution in [0.2, 0.25) is 0 Å². The van der Waals surface area contributed by atoms with E-state index in [0.717, 1.165) is 11.3 Å². The number of carboxylic acids is 1. The quantitative estimate of drug-likeness (QED) is 0.829. The van der Waals surface area contributed by atoms with E-state index in [2.05, 4.69) is 0 Å². The Morgan fingerprint density at radius 1 is 1.26 bits per heavy atom. The second kappa shape index (κ2) is 6.06. The Hall–Kier alpha value is -1.55. The fourth-order valence-corrected chi connectivity index (χ4v) is 2.30. The van der Waals surface area contributed by atoms with Crippen LogP contribution in [-0.2, 0) is 11.2 Å². The molecule has 19 heavy (non-hydrogen) atoms. The van der Waals surface area contributed by atoms with Gasteiger partial charge in [0.1, 0.15) is 5.75 Å². The molecule has 0 aliphatic carbocycles. The zero-order valence-corrected chi connectivity index (χ0v) is 11.9. The van der Waals surface area contributed by atoms with Gasteiger partial charge >= 0.3 is 5.97 Å². The van der Waals surface area contributed by atoms with Gasteiger partial charge in [0.2, 0.25) is 0 Å². The van der Waals surface area contributed by atoms with Crippen molar-refractivity contribution in [3.8, 4) is 5.75 Å². The minimum atomic E-state index is -1.71. The number of aliphatic carboxylic acids is 1. The van der Waals surface area contributed by atoms with Crippen molar-refractivity contribution >= 4 is 5.97 Å². The number of methoxy groups -OCH3 is 1. The van der Waals surface area contributed by atoms with E-state index >= 15 is 0 Å². The summed E-state index contributed by atoms with van der Waals surface area (Å²) in [6.45, 7) is 5.20. The largest absolute Gasteiger partial charge is 0.497 e. The van der Waals surface area contributed by atoms with Crippen molar-refractivity contribution in [2.45, 2.75) is 32.8 Å². The molecule has 0 fully saturated rings. The molecule has 0 amide bonds. The molecule has 0 radical (unpaired) electrons. The molecular formula is C15H22O4. The van der Waals surface area contributed by atoms with Gasteiger partial charge in [-0.05, 0) is 36.0 Å². The lowest BCUT2D eigenvalue weighted by Crippen LogP contribution is -2.50. The van der Waals surface area contributed by atoms with Gasteiger partial charge in [0.05, 0.1) is 7.11 Å². The zero-order chi connectivity index (χ0) is 14.6. The van der Waals surface area contributed by atoms with Gasteiger partial charge in [-0.15, -0.1) is 0 Å². The van der Waals surface area contributed by atoms with E-state index < -0.39 is 11.6 Å². The summed E-state index contributed by atoms with van der Waals surface area (Å²) in [5.41, 5.74) is -0.728. The molecule has 0 bridgehead atoms. The van der Waals surface area contributed by atoms with Gasteiger partial charge in [0.15, 0.2) is 5.60 Å². The second-order valence-electron chi connectivity index (χ2n) is 5.24. The van der Waals surface area contributed by atoms with E-state index in [-0.39, 0.29) is 11.8 Å². The minimum absolute atomic E-state index is 0.349. The lowest BCUT2D eigenvalue weighted by atomic mass is 9.76. The number of rotatable bonds is 6. The first kappa shape index (κ1) is 15.5. The Morgan fingerprint density at radius 3 is 2.16 bits per heavy atom. The number of hydrogen-bond acceptors (Lipinski definition) is 3. The Bertz CT molecular complexity index is 424. The number of carboxylic acid groups (broad SMARTS) is 1. The molecular weight excluding hydrogens is 244 g/mol. The standard InChI is InChI=1S/C15H22O4/c1-10(2)15(18,14(16)17)11(3)9-12-5-7-13(19-4)8-6-12/h5-8,10-11,18H,9H2,1-4H3,(H,16,17). The lowest BCUT2D eigenvalue weighted by Gasteiger charge is -2.33. The molecule has 2 unspecified atom stereocenters. The Labute approximate surface area is 114 Å². The van der Waals surface area contributed by atoms with Gasteiger partial charge in [-0.2, -0.15) is 0 Å². The highest BCUT2D eigenvalue weighted by Gasteiger charge is 2.44. The zero-order valence-electron chi connectivity index (χ0n) is 11.9. The van der Waals surface area contributed by atoms with Crippen LogP contribution in [0.4, 0.5) is 0 Å². The normalized spacial score (nSPS) is 15.9. The molecule has 0 saturated heterocycles. The summed E-state index contributed by atoms with van der Waals surface area (Å²) in [6, 6.07) is 7.43. The molecule has 2 atom stereocenters. The van der Waals surface area contributed by atoms with E-state index in [9.17, 15) is 15.0 Å². The van der Waals surface area contributed by atoms with Crippen molar-refractivity contribution in [3.63, 3.8) is 0 Å². The maximum absolute atomic E-state index is 11.3. The lowest BCUT2D eigenvalue weighted by molar-refractivity contribution is -0.170. The number of hydrogen-bond donors (Lipinski definition) is 2. The molecule has 1 rings (SSSR count). The minimum Gasteiger partial charge on any atom is -0.497 e. The molecule has 0 spiro atoms. The van der Waals surface area contributed by atoms with Crippen LogP contribution >= 0.6 is 0 Å². The molecule has 0 saturated carbocycles. The van der Waals surface area contributed by atoms with Crippen LogP contribution in [0.3, 0.4) is 0 Å². The first-order valence-electron chi connectivity index (χ1n) is 6.41. The van der Waals surface area contributed by atoms with E-state index in [0.29, 0.717) is 6.42 Å². The van der Waals surface area contributed by atoms with E-state index in [4.69, 9.17) is 4.74 Å². The summed E-state index contributed by atoms with van der Waals surface area (Å²) >= 11 is 0. The van der Waals surface area contributed by atoms with Gasteiger partial charge in [-0.3, -0.25) is 0 Å². The van der Waals surface area contributed by atoms with E-state index in [1.54, 1.807) is 27.9 Å². The molecule has 0 heterocycles. The third kappa shape index (κ3) is 3.26. The first-order chi connectivity index (χ1) is 8.82. The highest BCUT2D eigenvalue weighted by Crippen LogP contribution is 2.29. The first-order valence-corrected chi connectivity index (χ1v) is 6.41. The topological polar surface area (TPSA) is 66.8 Å². The van der Waals surface area contributed by atoms with Gasteiger partial charge in [-0.25, -0.2) is 4.79 Å². The summed E-state index contributed by atoms with van der Waals surface area (Å²) < 4.78 is 5.07. The maximum Gasteiger partial charge on any atom is 0.336 e. The number of ether oxygens (including phenoxy) is 1. The van der Waals surface area contributed by atoms with Crippen molar-refractivity contribution in [1.82, 2.24) is 0 Å². The molecule has 2 N–H and O–H groups in total. The number of aliphatic hydroxyl groups is 1. The predicted octanol–water partition coefficient (Wildman–Crippen LogP) is 2.35. The van der Waals surface area contributed by atoms with Gasteiger partial charge in [0.25, 0.3) is 0 Å². The average molecular weight is 266 g/mol. The SMILES string of the molecule is COc1ccc(CC(C)C(O)(C(=O)O)C(C)C)cc1. The summed E-state index contributed by atoms with van der Waals surface area (Å²) in [6.07, 6.45) is 0.505. The number of carbonyl (C=O) groups is 1. The van der Waals surface area contributed by atoms with Gasteiger partial charge in [-0.1, -0.05) is 32.9 Å². The fraction of sp³-hybridized carbons (Fsp3) is 0.533. The van der Waals surface area contributed by atoms with Crippen molar-refractivity contribution < 1.29 is 19.7 Å². The van der Waals surface area contributed by atoms with Crippen LogP contribution in [-0.4, -0.2) is 28.9 Å². The van der Waals surface area contributed by atoms with Gasteiger partial charge < -0.3 is 14.9 Å². The average Bonchev–Trinajstić information content (AvgIpc) is 2.37. The van der Waals surface area contributed by atoms with Crippen molar-refractivity contribution in [3.05, 3.63) is 29.8 Å². The Morgan fingerprint density at radius 2 is 1.79 bits per heavy atom. The monoisotopic (exact) mass is 266 g/mol. The second-order valence-corrected chi connectivity index (χ2v) is 5.24. The summed E-state index contributed by atoms with van der Waals surface area (Å²) in [5.74, 6) is -1.13. The van der Waals surface area contributed by atoms with Crippen LogP contribution in [0, 0.1) is 11.8 Å². The van der Waals surface area contributed by atoms with Crippen molar-refractivity contribution in [1.29, 1.82) is 0 Å². The molecule has 1 aromatic carbocycles. The molecule has 106 valence electrons. The smallest absolute Gasteiger partial charge is 0.336 e. The van der Waals surface area contributed by atoms with Crippen molar-refractivity contribution in [2.24, 2.45) is 11.8 Å². The highest BCUT2D eigenvalue weighted by molar-refractivity contribution is 5.78. The summed E-state index contributed by atoms with van der Waals surface area (Å²) in [4.78, 5) is 11.3. The van der Waals surface area contributed by atoms with Gasteiger partial charge in [0, 0.05) is 0 Å². The van der Waals surface area contributed by atoms with Crippen LogP contribution in [0.1, 0.15) is 26.3 Å². The summed E-state index contributed by atoms with van der Waals surface area (Å²) in [7, 11) is 1.60. The fourth-order valence-electron chi connectivity index (χ4n) is 2.30. The molecule has 1 aromatic rings. The highest BCUT2D eigenvalue weighted by atomic mass is 16.5. The predicted molar refractivity (Wildman–Crippen MR) is 73.3 cm³/mol. The van der Waals surface area contributed by atoms with Crippen LogP contribution in [0.15, 0.2) is 24.3 Å². The van der Waals surface area contributed by atoms with E-state index in [1.807, 2.05) is 24.3 Å². The van der Waals surface area contributed by atoms with Crippen LogP contribution < -0.4 is 4.74 Å². The maximum atomic E-state index is 11.3. The molecule has 0 aliphatic rings. The third-order valence-electron chi connectivity index (χ3n) is 3.68. The summed E-state index contributed by atoms with van der Waals surface area (Å²) in [5, 5.41) is 19.6. The van der Waals surface area contributed by atoms with Crippen molar-refractivity contribution in [2.75, 3.05) is 7.11 Å². The van der Waals surface area contributed by atoms with Crippen LogP contribution in [0.25, 0.3) is 0 Å².